The fourth-order valence-electron chi connectivity index (χ4n) is 4.97. The zero-order chi connectivity index (χ0) is 22.4. The van der Waals surface area contributed by atoms with Crippen LogP contribution in [-0.2, 0) is 14.4 Å². The first-order chi connectivity index (χ1) is 14.5. The molecule has 3 rings (SSSR count). The van der Waals surface area contributed by atoms with E-state index < -0.39 is 0 Å². The number of fused-ring (bicyclic) bond motifs is 1. The molecule has 1 aliphatic carbocycles. The quantitative estimate of drug-likeness (QED) is 0.507. The number of hydrogen-bond acceptors (Lipinski definition) is 6. The third-order valence-corrected chi connectivity index (χ3v) is 6.44. The summed E-state index contributed by atoms with van der Waals surface area (Å²) in [6.45, 7) is 8.47. The molecule has 5 unspecified atom stereocenters. The number of rotatable bonds is 5. The molecule has 0 aromatic heterocycles. The van der Waals surface area contributed by atoms with Gasteiger partial charge in [0.15, 0.2) is 0 Å². The third-order valence-electron chi connectivity index (χ3n) is 6.44. The van der Waals surface area contributed by atoms with Gasteiger partial charge in [0.25, 0.3) is 0 Å². The minimum atomic E-state index is 0.471. The number of ether oxygens (including phenoxy) is 2. The van der Waals surface area contributed by atoms with Crippen LogP contribution in [0.4, 0.5) is 0 Å². The molecule has 1 saturated carbocycles. The Bertz CT molecular complexity index is 498. The Morgan fingerprint density at radius 2 is 2.00 bits per heavy atom. The molecule has 0 spiro atoms. The van der Waals surface area contributed by atoms with E-state index in [1.54, 1.807) is 0 Å². The highest BCUT2D eigenvalue weighted by Gasteiger charge is 2.37. The van der Waals surface area contributed by atoms with Crippen molar-refractivity contribution < 1.29 is 19.6 Å². The van der Waals surface area contributed by atoms with Crippen LogP contribution in [-0.4, -0.2) is 70.9 Å². The first-order valence-corrected chi connectivity index (χ1v) is 11.5. The predicted molar refractivity (Wildman–Crippen MR) is 123 cm³/mol. The van der Waals surface area contributed by atoms with Crippen molar-refractivity contribution in [1.82, 2.24) is 10.2 Å². The van der Waals surface area contributed by atoms with Crippen molar-refractivity contribution in [1.29, 1.82) is 0 Å². The minimum Gasteiger partial charge on any atom is -0.384 e. The van der Waals surface area contributed by atoms with Crippen molar-refractivity contribution >= 4 is 0 Å². The number of nitrogens with one attached hydrogen (secondary N) is 1. The number of likely N-dealkylation sites (N-methyl/N-ethyl adjacent to an activating group) is 2. The molecule has 5 atom stereocenters. The second-order valence-electron chi connectivity index (χ2n) is 8.93. The summed E-state index contributed by atoms with van der Waals surface area (Å²) < 4.78 is 11.3. The fraction of sp³-hybridized carbons (Fsp3) is 0.833. The van der Waals surface area contributed by atoms with Crippen LogP contribution in [0, 0.1) is 23.7 Å². The highest BCUT2D eigenvalue weighted by Crippen LogP contribution is 2.43. The second-order valence-corrected chi connectivity index (χ2v) is 8.93. The smallest absolute Gasteiger partial charge is 0.0710 e. The molecular weight excluding hydrogens is 380 g/mol. The van der Waals surface area contributed by atoms with Gasteiger partial charge in [0.2, 0.25) is 0 Å². The summed E-state index contributed by atoms with van der Waals surface area (Å²) in [5.41, 5.74) is 1.34. The number of hydrogen-bond donors (Lipinski definition) is 2. The van der Waals surface area contributed by atoms with Gasteiger partial charge in [0.05, 0.1) is 19.8 Å². The lowest BCUT2D eigenvalue weighted by Crippen LogP contribution is -2.35. The molecule has 0 aromatic rings. The lowest BCUT2D eigenvalue weighted by Gasteiger charge is -2.40. The van der Waals surface area contributed by atoms with Crippen LogP contribution in [0.15, 0.2) is 23.9 Å². The maximum absolute atomic E-state index is 7.07. The molecule has 0 radical (unpaired) electrons. The maximum Gasteiger partial charge on any atom is 0.0710 e. The van der Waals surface area contributed by atoms with Crippen LogP contribution in [0.5, 0.6) is 0 Å². The van der Waals surface area contributed by atoms with Gasteiger partial charge in [-0.25, -0.2) is 4.89 Å². The molecule has 176 valence electrons. The minimum absolute atomic E-state index is 0.471. The van der Waals surface area contributed by atoms with Gasteiger partial charge in [-0.1, -0.05) is 31.9 Å². The van der Waals surface area contributed by atoms with E-state index >= 15 is 0 Å². The topological polar surface area (TPSA) is 63.2 Å². The van der Waals surface area contributed by atoms with Crippen molar-refractivity contribution in [2.75, 3.05) is 54.6 Å². The summed E-state index contributed by atoms with van der Waals surface area (Å²) in [5.74, 6) is 3.21. The average molecular weight is 427 g/mol. The van der Waals surface area contributed by atoms with E-state index in [0.717, 1.165) is 44.1 Å². The third kappa shape index (κ3) is 9.92. The summed E-state index contributed by atoms with van der Waals surface area (Å²) in [7, 11) is 7.05. The first kappa shape index (κ1) is 27.1. The van der Waals surface area contributed by atoms with Crippen LogP contribution in [0.1, 0.15) is 46.0 Å². The van der Waals surface area contributed by atoms with Gasteiger partial charge < -0.3 is 19.7 Å². The van der Waals surface area contributed by atoms with Gasteiger partial charge in [-0.2, -0.15) is 0 Å². The van der Waals surface area contributed by atoms with Crippen molar-refractivity contribution in [3.05, 3.63) is 23.9 Å². The standard InChI is InChI=1S/C15H28O2.C8H14N2.CH4O2/c1-11(9-16-3)14-6-4-5-13-8-7-12(2)17-10-15(13)14;1-9-6-8-4-3-5-10(2)7-8;1-3-2/h11-15H,4-10H2,1-3H3;3-4,7,9H,5-6H2,1-2H3;2H,1H3. The molecule has 6 heteroatoms. The Kier molecular flexibility index (Phi) is 14.3. The Balaban J connectivity index is 0.000000294. The van der Waals surface area contributed by atoms with Gasteiger partial charge >= 0.3 is 0 Å². The summed E-state index contributed by atoms with van der Waals surface area (Å²) >= 11 is 0. The molecule has 2 fully saturated rings. The van der Waals surface area contributed by atoms with E-state index in [4.69, 9.17) is 14.7 Å². The number of nitrogens with zero attached hydrogens (tertiary/aromatic N) is 1. The van der Waals surface area contributed by atoms with Crippen molar-refractivity contribution in [2.24, 2.45) is 23.7 Å². The first-order valence-electron chi connectivity index (χ1n) is 11.5. The largest absolute Gasteiger partial charge is 0.384 e. The van der Waals surface area contributed by atoms with E-state index in [-0.39, 0.29) is 0 Å². The fourth-order valence-corrected chi connectivity index (χ4v) is 4.97. The highest BCUT2D eigenvalue weighted by molar-refractivity contribution is 5.23. The monoisotopic (exact) mass is 426 g/mol. The molecule has 0 amide bonds. The zero-order valence-electron chi connectivity index (χ0n) is 20.1. The van der Waals surface area contributed by atoms with Crippen LogP contribution in [0.2, 0.25) is 0 Å². The maximum atomic E-state index is 7.07. The van der Waals surface area contributed by atoms with E-state index in [9.17, 15) is 0 Å². The summed E-state index contributed by atoms with van der Waals surface area (Å²) in [6.07, 6.45) is 13.8. The molecule has 3 aliphatic rings. The van der Waals surface area contributed by atoms with E-state index in [1.165, 1.54) is 44.8 Å². The molecule has 6 nitrogen and oxygen atoms in total. The molecule has 1 saturated heterocycles. The average Bonchev–Trinajstić information content (AvgIpc) is 2.91. The highest BCUT2D eigenvalue weighted by atomic mass is 17.1. The summed E-state index contributed by atoms with van der Waals surface area (Å²) in [5, 5.41) is 10.2. The molecule has 0 bridgehead atoms. The summed E-state index contributed by atoms with van der Waals surface area (Å²) in [6, 6.07) is 0. The summed E-state index contributed by atoms with van der Waals surface area (Å²) in [4.78, 5) is 5.42. The van der Waals surface area contributed by atoms with Crippen LogP contribution in [0.25, 0.3) is 0 Å². The van der Waals surface area contributed by atoms with Gasteiger partial charge in [0.1, 0.15) is 0 Å². The zero-order valence-corrected chi connectivity index (χ0v) is 20.1. The SMILES string of the molecule is CNCC1=CN(C)CC=C1.COCC(C)C1CCCC2CCC(C)OCC21.COO. The molecular formula is C24H46N2O4. The van der Waals surface area contributed by atoms with E-state index in [0.29, 0.717) is 12.0 Å². The Morgan fingerprint density at radius 3 is 2.63 bits per heavy atom. The lowest BCUT2D eigenvalue weighted by atomic mass is 9.67. The second kappa shape index (κ2) is 15.8. The van der Waals surface area contributed by atoms with Crippen molar-refractivity contribution in [2.45, 2.75) is 52.1 Å². The van der Waals surface area contributed by atoms with Crippen molar-refractivity contribution in [3.63, 3.8) is 0 Å². The molecule has 0 aromatic carbocycles. The van der Waals surface area contributed by atoms with Crippen molar-refractivity contribution in [3.8, 4) is 0 Å². The van der Waals surface area contributed by atoms with E-state index in [2.05, 4.69) is 54.4 Å². The molecule has 2 heterocycles. The van der Waals surface area contributed by atoms with Crippen LogP contribution in [0.3, 0.4) is 0 Å². The van der Waals surface area contributed by atoms with Gasteiger partial charge in [-0.3, -0.25) is 5.26 Å². The van der Waals surface area contributed by atoms with Gasteiger partial charge in [-0.15, -0.1) is 0 Å². The predicted octanol–water partition coefficient (Wildman–Crippen LogP) is 4.20. The molecule has 30 heavy (non-hydrogen) atoms. The Hall–Kier alpha value is -0.920. The van der Waals surface area contributed by atoms with E-state index in [1.807, 2.05) is 14.2 Å². The van der Waals surface area contributed by atoms with Crippen LogP contribution < -0.4 is 5.32 Å². The Labute approximate surface area is 184 Å². The van der Waals surface area contributed by atoms with Gasteiger partial charge in [0, 0.05) is 40.1 Å². The molecule has 2 N–H and O–H groups in total. The number of methoxy groups -OCH3 is 1. The molecule has 2 aliphatic heterocycles. The van der Waals surface area contributed by atoms with Gasteiger partial charge in [-0.05, 0) is 62.5 Å². The normalized spacial score (nSPS) is 29.3. The Morgan fingerprint density at radius 1 is 1.27 bits per heavy atom. The lowest BCUT2D eigenvalue weighted by molar-refractivity contribution is -0.214. The van der Waals surface area contributed by atoms with Crippen LogP contribution >= 0.6 is 0 Å².